The molecule has 1 aromatic rings. The van der Waals surface area contributed by atoms with E-state index in [1.54, 1.807) is 12.1 Å². The molecule has 0 aliphatic heterocycles. The van der Waals surface area contributed by atoms with Gasteiger partial charge in [0.05, 0.1) is 5.56 Å². The molecular weight excluding hydrogens is 166 g/mol. The molecule has 1 atom stereocenters. The molecule has 3 heteroatoms. The highest BCUT2D eigenvalue weighted by Crippen LogP contribution is 2.12. The Bertz CT molecular complexity index is 292. The fourth-order valence-electron chi connectivity index (χ4n) is 1.08. The average Bonchev–Trinajstić information content (AvgIpc) is 2.17. The molecule has 0 aliphatic rings. The molecule has 0 saturated carbocycles. The smallest absolute Gasteiger partial charge is 0.335 e. The summed E-state index contributed by atoms with van der Waals surface area (Å²) in [5.41, 5.74) is 1.42. The van der Waals surface area contributed by atoms with Crippen molar-refractivity contribution in [3.05, 3.63) is 35.4 Å². The van der Waals surface area contributed by atoms with Crippen LogP contribution in [0.4, 0.5) is 0 Å². The zero-order chi connectivity index (χ0) is 9.84. The fraction of sp³-hybridized carbons (Fsp3) is 0.300. The van der Waals surface area contributed by atoms with Gasteiger partial charge >= 0.3 is 5.97 Å². The van der Waals surface area contributed by atoms with Gasteiger partial charge in [-0.05, 0) is 31.7 Å². The molecule has 0 radical (unpaired) electrons. The summed E-state index contributed by atoms with van der Waals surface area (Å²) in [6.45, 7) is 2.02. The number of hydrogen-bond acceptors (Lipinski definition) is 2. The van der Waals surface area contributed by atoms with E-state index < -0.39 is 5.97 Å². The van der Waals surface area contributed by atoms with Gasteiger partial charge in [0.1, 0.15) is 0 Å². The summed E-state index contributed by atoms with van der Waals surface area (Å²) in [5.74, 6) is -0.885. The standard InChI is InChI=1S/C10H13NO2/c1-7(11-2)8-3-5-9(6-4-8)10(12)13/h3-7,11H,1-2H3,(H,12,13)/t7-/m0/s1. The van der Waals surface area contributed by atoms with E-state index in [9.17, 15) is 4.79 Å². The van der Waals surface area contributed by atoms with Crippen molar-refractivity contribution in [2.75, 3.05) is 7.05 Å². The number of aromatic carboxylic acids is 1. The maximum atomic E-state index is 10.5. The van der Waals surface area contributed by atoms with Crippen LogP contribution in [0.25, 0.3) is 0 Å². The van der Waals surface area contributed by atoms with Crippen LogP contribution in [0.1, 0.15) is 28.9 Å². The number of carbonyl (C=O) groups is 1. The Morgan fingerprint density at radius 1 is 1.38 bits per heavy atom. The van der Waals surface area contributed by atoms with Crippen molar-refractivity contribution in [1.29, 1.82) is 0 Å². The molecule has 70 valence electrons. The van der Waals surface area contributed by atoms with Gasteiger partial charge in [0.25, 0.3) is 0 Å². The molecule has 0 aromatic heterocycles. The SMILES string of the molecule is CN[C@@H](C)c1ccc(C(=O)O)cc1. The first-order valence-corrected chi connectivity index (χ1v) is 4.15. The third-order valence-corrected chi connectivity index (χ3v) is 2.09. The maximum absolute atomic E-state index is 10.5. The third-order valence-electron chi connectivity index (χ3n) is 2.09. The molecule has 13 heavy (non-hydrogen) atoms. The number of carboxylic acid groups (broad SMARTS) is 1. The van der Waals surface area contributed by atoms with Crippen LogP contribution in [0.2, 0.25) is 0 Å². The zero-order valence-electron chi connectivity index (χ0n) is 7.74. The molecule has 3 nitrogen and oxygen atoms in total. The van der Waals surface area contributed by atoms with Crippen LogP contribution in [0, 0.1) is 0 Å². The summed E-state index contributed by atoms with van der Waals surface area (Å²) < 4.78 is 0. The van der Waals surface area contributed by atoms with Gasteiger partial charge in [0.15, 0.2) is 0 Å². The second-order valence-corrected chi connectivity index (χ2v) is 2.94. The van der Waals surface area contributed by atoms with Gasteiger partial charge in [-0.3, -0.25) is 0 Å². The summed E-state index contributed by atoms with van der Waals surface area (Å²) in [4.78, 5) is 10.5. The van der Waals surface area contributed by atoms with Crippen LogP contribution in [-0.4, -0.2) is 18.1 Å². The topological polar surface area (TPSA) is 49.3 Å². The molecule has 0 unspecified atom stereocenters. The first-order valence-electron chi connectivity index (χ1n) is 4.15. The molecule has 0 heterocycles. The molecule has 1 rings (SSSR count). The maximum Gasteiger partial charge on any atom is 0.335 e. The number of rotatable bonds is 3. The van der Waals surface area contributed by atoms with Crippen LogP contribution in [0.15, 0.2) is 24.3 Å². The molecule has 0 saturated heterocycles. The van der Waals surface area contributed by atoms with Crippen molar-refractivity contribution < 1.29 is 9.90 Å². The predicted octanol–water partition coefficient (Wildman–Crippen LogP) is 1.67. The van der Waals surface area contributed by atoms with E-state index in [2.05, 4.69) is 5.32 Å². The third kappa shape index (κ3) is 2.29. The first-order chi connectivity index (χ1) is 6.15. The van der Waals surface area contributed by atoms with E-state index in [4.69, 9.17) is 5.11 Å². The van der Waals surface area contributed by atoms with Crippen molar-refractivity contribution in [3.63, 3.8) is 0 Å². The van der Waals surface area contributed by atoms with E-state index >= 15 is 0 Å². The van der Waals surface area contributed by atoms with Crippen LogP contribution in [0.5, 0.6) is 0 Å². The van der Waals surface area contributed by atoms with Crippen molar-refractivity contribution in [2.45, 2.75) is 13.0 Å². The van der Waals surface area contributed by atoms with Gasteiger partial charge in [0.2, 0.25) is 0 Å². The van der Waals surface area contributed by atoms with E-state index in [1.807, 2.05) is 26.1 Å². The number of hydrogen-bond donors (Lipinski definition) is 2. The lowest BCUT2D eigenvalue weighted by molar-refractivity contribution is 0.0697. The van der Waals surface area contributed by atoms with E-state index in [1.165, 1.54) is 0 Å². The zero-order valence-corrected chi connectivity index (χ0v) is 7.74. The molecule has 0 bridgehead atoms. The number of carboxylic acids is 1. The van der Waals surface area contributed by atoms with Gasteiger partial charge in [-0.1, -0.05) is 12.1 Å². The minimum absolute atomic E-state index is 0.253. The summed E-state index contributed by atoms with van der Waals surface area (Å²) in [6.07, 6.45) is 0. The van der Waals surface area contributed by atoms with Crippen LogP contribution in [-0.2, 0) is 0 Å². The second kappa shape index (κ2) is 4.05. The van der Waals surface area contributed by atoms with Gasteiger partial charge in [-0.15, -0.1) is 0 Å². The summed E-state index contributed by atoms with van der Waals surface area (Å²) in [6, 6.07) is 7.13. The molecule has 0 fully saturated rings. The lowest BCUT2D eigenvalue weighted by Gasteiger charge is -2.09. The van der Waals surface area contributed by atoms with Gasteiger partial charge in [-0.2, -0.15) is 0 Å². The molecule has 2 N–H and O–H groups in total. The largest absolute Gasteiger partial charge is 0.478 e. The van der Waals surface area contributed by atoms with E-state index in [-0.39, 0.29) is 6.04 Å². The van der Waals surface area contributed by atoms with Crippen molar-refractivity contribution in [1.82, 2.24) is 5.32 Å². The predicted molar refractivity (Wildman–Crippen MR) is 50.9 cm³/mol. The minimum Gasteiger partial charge on any atom is -0.478 e. The highest BCUT2D eigenvalue weighted by molar-refractivity contribution is 5.87. The second-order valence-electron chi connectivity index (χ2n) is 2.94. The van der Waals surface area contributed by atoms with Crippen LogP contribution < -0.4 is 5.32 Å². The van der Waals surface area contributed by atoms with E-state index in [0.29, 0.717) is 5.56 Å². The van der Waals surface area contributed by atoms with E-state index in [0.717, 1.165) is 5.56 Å². The number of nitrogens with one attached hydrogen (secondary N) is 1. The summed E-state index contributed by atoms with van der Waals surface area (Å²) >= 11 is 0. The van der Waals surface area contributed by atoms with Gasteiger partial charge in [0, 0.05) is 6.04 Å². The molecule has 0 spiro atoms. The molecular formula is C10H13NO2. The quantitative estimate of drug-likeness (QED) is 0.742. The van der Waals surface area contributed by atoms with Gasteiger partial charge in [-0.25, -0.2) is 4.79 Å². The molecule has 0 amide bonds. The van der Waals surface area contributed by atoms with Crippen LogP contribution >= 0.6 is 0 Å². The minimum atomic E-state index is -0.885. The number of benzene rings is 1. The Labute approximate surface area is 77.4 Å². The van der Waals surface area contributed by atoms with Crippen molar-refractivity contribution in [3.8, 4) is 0 Å². The lowest BCUT2D eigenvalue weighted by atomic mass is 10.1. The Morgan fingerprint density at radius 3 is 2.31 bits per heavy atom. The van der Waals surface area contributed by atoms with Gasteiger partial charge < -0.3 is 10.4 Å². The molecule has 1 aromatic carbocycles. The normalized spacial score (nSPS) is 12.5. The summed E-state index contributed by atoms with van der Waals surface area (Å²) in [7, 11) is 1.87. The summed E-state index contributed by atoms with van der Waals surface area (Å²) in [5, 5.41) is 11.7. The van der Waals surface area contributed by atoms with Crippen molar-refractivity contribution >= 4 is 5.97 Å². The average molecular weight is 179 g/mol. The molecule has 0 aliphatic carbocycles. The first kappa shape index (κ1) is 9.74. The Kier molecular flexibility index (Phi) is 3.03. The lowest BCUT2D eigenvalue weighted by Crippen LogP contribution is -2.12. The Balaban J connectivity index is 2.87. The highest BCUT2D eigenvalue weighted by atomic mass is 16.4. The van der Waals surface area contributed by atoms with Crippen molar-refractivity contribution in [2.24, 2.45) is 0 Å². The fourth-order valence-corrected chi connectivity index (χ4v) is 1.08. The monoisotopic (exact) mass is 179 g/mol. The Morgan fingerprint density at radius 2 is 1.92 bits per heavy atom. The highest BCUT2D eigenvalue weighted by Gasteiger charge is 2.04. The Hall–Kier alpha value is -1.35. The van der Waals surface area contributed by atoms with Crippen LogP contribution in [0.3, 0.4) is 0 Å².